The molecule has 0 spiro atoms. The maximum atomic E-state index is 12.5. The van der Waals surface area contributed by atoms with Crippen molar-refractivity contribution in [3.05, 3.63) is 29.3 Å². The normalized spacial score (nSPS) is 27.0. The fourth-order valence-electron chi connectivity index (χ4n) is 4.22. The lowest BCUT2D eigenvalue weighted by Gasteiger charge is -2.19. The van der Waals surface area contributed by atoms with Gasteiger partial charge in [0.05, 0.1) is 10.6 Å². The molecule has 1 amide bonds. The van der Waals surface area contributed by atoms with Gasteiger partial charge in [-0.25, -0.2) is 0 Å². The third-order valence-corrected chi connectivity index (χ3v) is 6.18. The summed E-state index contributed by atoms with van der Waals surface area (Å²) in [5, 5.41) is 9.69. The lowest BCUT2D eigenvalue weighted by molar-refractivity contribution is 0.0920. The molecule has 2 aromatic rings. The van der Waals surface area contributed by atoms with E-state index in [1.165, 1.54) is 25.7 Å². The quantitative estimate of drug-likeness (QED) is 0.943. The fraction of sp³-hybridized carbons (Fsp3) is 0.529. The van der Waals surface area contributed by atoms with E-state index in [0.29, 0.717) is 17.7 Å². The predicted molar refractivity (Wildman–Crippen MR) is 87.8 cm³/mol. The van der Waals surface area contributed by atoms with Crippen LogP contribution in [-0.4, -0.2) is 21.7 Å². The van der Waals surface area contributed by atoms with Gasteiger partial charge in [0, 0.05) is 13.1 Å². The van der Waals surface area contributed by atoms with Crippen molar-refractivity contribution in [2.75, 3.05) is 0 Å². The molecule has 116 valence electrons. The largest absolute Gasteiger partial charge is 0.348 e. The fourth-order valence-corrected chi connectivity index (χ4v) is 4.99. The van der Waals surface area contributed by atoms with Gasteiger partial charge in [0.2, 0.25) is 0 Å². The summed E-state index contributed by atoms with van der Waals surface area (Å²) in [4.78, 5) is 13.7. The Balaban J connectivity index is 1.50. The van der Waals surface area contributed by atoms with Crippen LogP contribution >= 0.6 is 11.3 Å². The standard InChI is InChI=1S/C17H21N3OS/c1-20-15(16-6-3-9-22-16)10-14(19-20)17(21)18-13-8-7-11-4-2-5-12(11)13/h3,6,9-13H,2,4-5,7-8H2,1H3,(H,18,21)/t11-,12-,13-/m1/s1. The van der Waals surface area contributed by atoms with Gasteiger partial charge in [-0.3, -0.25) is 9.48 Å². The molecular weight excluding hydrogens is 294 g/mol. The molecule has 5 heteroatoms. The van der Waals surface area contributed by atoms with Crippen molar-refractivity contribution < 1.29 is 4.79 Å². The van der Waals surface area contributed by atoms with E-state index >= 15 is 0 Å². The Morgan fingerprint density at radius 2 is 2.27 bits per heavy atom. The average molecular weight is 315 g/mol. The summed E-state index contributed by atoms with van der Waals surface area (Å²) < 4.78 is 1.80. The Hall–Kier alpha value is -1.62. The number of aryl methyl sites for hydroxylation is 1. The number of amides is 1. The third kappa shape index (κ3) is 2.37. The number of nitrogens with zero attached hydrogens (tertiary/aromatic N) is 2. The molecule has 2 fully saturated rings. The molecule has 3 atom stereocenters. The van der Waals surface area contributed by atoms with E-state index in [1.807, 2.05) is 24.6 Å². The van der Waals surface area contributed by atoms with Gasteiger partial charge in [0.1, 0.15) is 0 Å². The first-order valence-electron chi connectivity index (χ1n) is 8.11. The van der Waals surface area contributed by atoms with Crippen molar-refractivity contribution in [3.63, 3.8) is 0 Å². The highest BCUT2D eigenvalue weighted by Gasteiger charge is 2.39. The number of nitrogens with one attached hydrogen (secondary N) is 1. The summed E-state index contributed by atoms with van der Waals surface area (Å²) >= 11 is 1.67. The summed E-state index contributed by atoms with van der Waals surface area (Å²) in [6.45, 7) is 0. The Labute approximate surface area is 134 Å². The Kier molecular flexibility index (Phi) is 3.53. The molecule has 2 aliphatic rings. The number of carbonyl (C=O) groups excluding carboxylic acids is 1. The molecule has 22 heavy (non-hydrogen) atoms. The van der Waals surface area contributed by atoms with Crippen molar-refractivity contribution in [3.8, 4) is 10.6 Å². The van der Waals surface area contributed by atoms with Crippen LogP contribution in [0.2, 0.25) is 0 Å². The molecule has 2 aromatic heterocycles. The van der Waals surface area contributed by atoms with Crippen LogP contribution in [0.1, 0.15) is 42.6 Å². The van der Waals surface area contributed by atoms with Gasteiger partial charge in [-0.2, -0.15) is 5.10 Å². The number of fused-ring (bicyclic) bond motifs is 1. The summed E-state index contributed by atoms with van der Waals surface area (Å²) in [6.07, 6.45) is 6.36. The van der Waals surface area contributed by atoms with Crippen LogP contribution in [-0.2, 0) is 7.05 Å². The number of rotatable bonds is 3. The van der Waals surface area contributed by atoms with Gasteiger partial charge in [-0.1, -0.05) is 18.9 Å². The smallest absolute Gasteiger partial charge is 0.272 e. The molecule has 0 saturated heterocycles. The zero-order chi connectivity index (χ0) is 15.1. The SMILES string of the molecule is Cn1nc(C(=O)N[C@@H]2CC[C@H]3CCC[C@H]32)cc1-c1cccs1. The molecule has 0 bridgehead atoms. The molecule has 0 aromatic carbocycles. The van der Waals surface area contributed by atoms with Gasteiger partial charge in [-0.15, -0.1) is 11.3 Å². The molecule has 4 nitrogen and oxygen atoms in total. The van der Waals surface area contributed by atoms with E-state index in [0.717, 1.165) is 22.9 Å². The number of hydrogen-bond acceptors (Lipinski definition) is 3. The van der Waals surface area contributed by atoms with E-state index in [9.17, 15) is 4.79 Å². The van der Waals surface area contributed by atoms with E-state index in [-0.39, 0.29) is 5.91 Å². The van der Waals surface area contributed by atoms with Crippen molar-refractivity contribution in [1.29, 1.82) is 0 Å². The second-order valence-corrected chi connectivity index (χ2v) is 7.48. The minimum absolute atomic E-state index is 0.0176. The molecule has 1 N–H and O–H groups in total. The Morgan fingerprint density at radius 1 is 1.36 bits per heavy atom. The van der Waals surface area contributed by atoms with Gasteiger partial charge < -0.3 is 5.32 Å². The first-order valence-corrected chi connectivity index (χ1v) is 8.99. The van der Waals surface area contributed by atoms with Crippen molar-refractivity contribution in [1.82, 2.24) is 15.1 Å². The van der Waals surface area contributed by atoms with E-state index < -0.39 is 0 Å². The van der Waals surface area contributed by atoms with E-state index in [2.05, 4.69) is 16.5 Å². The monoisotopic (exact) mass is 315 g/mol. The first kappa shape index (κ1) is 14.0. The summed E-state index contributed by atoms with van der Waals surface area (Å²) in [5.41, 5.74) is 1.54. The molecule has 0 radical (unpaired) electrons. The number of hydrogen-bond donors (Lipinski definition) is 1. The molecule has 0 aliphatic heterocycles. The molecule has 4 rings (SSSR count). The molecule has 2 heterocycles. The highest BCUT2D eigenvalue weighted by atomic mass is 32.1. The van der Waals surface area contributed by atoms with Crippen LogP contribution in [0.25, 0.3) is 10.6 Å². The molecular formula is C17H21N3OS. The summed E-state index contributed by atoms with van der Waals surface area (Å²) in [7, 11) is 1.90. The molecule has 2 aliphatic carbocycles. The van der Waals surface area contributed by atoms with Crippen LogP contribution in [0.3, 0.4) is 0 Å². The second-order valence-electron chi connectivity index (χ2n) is 6.53. The maximum absolute atomic E-state index is 12.5. The minimum Gasteiger partial charge on any atom is -0.348 e. The van der Waals surface area contributed by atoms with Crippen LogP contribution in [0.15, 0.2) is 23.6 Å². The molecule has 2 saturated carbocycles. The Bertz CT molecular complexity index is 676. The number of carbonyl (C=O) groups is 1. The zero-order valence-electron chi connectivity index (χ0n) is 12.8. The van der Waals surface area contributed by atoms with E-state index in [4.69, 9.17) is 0 Å². The van der Waals surface area contributed by atoms with Crippen molar-refractivity contribution >= 4 is 17.2 Å². The topological polar surface area (TPSA) is 46.9 Å². The van der Waals surface area contributed by atoms with Crippen LogP contribution in [0.4, 0.5) is 0 Å². The first-order chi connectivity index (χ1) is 10.7. The summed E-state index contributed by atoms with van der Waals surface area (Å²) in [5.74, 6) is 1.52. The lowest BCUT2D eigenvalue weighted by Crippen LogP contribution is -2.37. The van der Waals surface area contributed by atoms with Gasteiger partial charge >= 0.3 is 0 Å². The van der Waals surface area contributed by atoms with Crippen LogP contribution in [0, 0.1) is 11.8 Å². The van der Waals surface area contributed by atoms with Gasteiger partial charge in [0.15, 0.2) is 5.69 Å². The summed E-state index contributed by atoms with van der Waals surface area (Å²) in [6, 6.07) is 6.34. The van der Waals surface area contributed by atoms with Gasteiger partial charge in [0.25, 0.3) is 5.91 Å². The average Bonchev–Trinajstić information content (AvgIpc) is 3.22. The predicted octanol–water partition coefficient (Wildman–Crippen LogP) is 3.46. The minimum atomic E-state index is -0.0176. The maximum Gasteiger partial charge on any atom is 0.272 e. The van der Waals surface area contributed by atoms with E-state index in [1.54, 1.807) is 16.0 Å². The highest BCUT2D eigenvalue weighted by molar-refractivity contribution is 7.13. The number of aromatic nitrogens is 2. The zero-order valence-corrected chi connectivity index (χ0v) is 13.6. The number of thiophene rings is 1. The molecule has 0 unspecified atom stereocenters. The van der Waals surface area contributed by atoms with Crippen LogP contribution < -0.4 is 5.32 Å². The third-order valence-electron chi connectivity index (χ3n) is 5.29. The van der Waals surface area contributed by atoms with Crippen LogP contribution in [0.5, 0.6) is 0 Å². The second kappa shape index (κ2) is 5.54. The highest BCUT2D eigenvalue weighted by Crippen LogP contribution is 2.44. The van der Waals surface area contributed by atoms with Crippen molar-refractivity contribution in [2.45, 2.75) is 38.1 Å². The van der Waals surface area contributed by atoms with Gasteiger partial charge in [-0.05, 0) is 48.6 Å². The Morgan fingerprint density at radius 3 is 3.09 bits per heavy atom. The van der Waals surface area contributed by atoms with Crippen molar-refractivity contribution in [2.24, 2.45) is 18.9 Å². The lowest BCUT2D eigenvalue weighted by atomic mass is 9.97.